The first-order valence-corrected chi connectivity index (χ1v) is 9.92. The van der Waals surface area contributed by atoms with Gasteiger partial charge >= 0.3 is 0 Å². The Labute approximate surface area is 173 Å². The summed E-state index contributed by atoms with van der Waals surface area (Å²) in [5, 5.41) is 12.2. The molecule has 0 aliphatic rings. The van der Waals surface area contributed by atoms with E-state index in [-0.39, 0.29) is 17.2 Å². The Morgan fingerprint density at radius 3 is 2.80 bits per heavy atom. The number of carbonyl (C=O) groups excluding carboxylic acids is 1. The molecule has 8 heteroatoms. The molecule has 3 aromatic heterocycles. The summed E-state index contributed by atoms with van der Waals surface area (Å²) < 4.78 is 1.58. The summed E-state index contributed by atoms with van der Waals surface area (Å²) in [5.74, 6) is -0.156. The van der Waals surface area contributed by atoms with Gasteiger partial charge in [0.25, 0.3) is 11.5 Å². The number of nitrogens with zero attached hydrogens (tertiary/aromatic N) is 4. The van der Waals surface area contributed by atoms with E-state index in [1.165, 1.54) is 11.0 Å². The average molecular weight is 404 g/mol. The Balaban J connectivity index is 1.55. The van der Waals surface area contributed by atoms with Crippen LogP contribution in [0.5, 0.6) is 0 Å². The smallest absolute Gasteiger partial charge is 0.263 e. The largest absolute Gasteiger partial charge is 0.361 e. The molecule has 0 saturated carbocycles. The van der Waals surface area contributed by atoms with E-state index in [1.807, 2.05) is 38.2 Å². The number of hydrogen-bond acceptors (Lipinski definition) is 4. The van der Waals surface area contributed by atoms with E-state index in [9.17, 15) is 9.59 Å². The fourth-order valence-electron chi connectivity index (χ4n) is 3.46. The molecular formula is C22H24N6O2. The molecule has 4 rings (SSSR count). The SMILES string of the molecule is Cc1ccn(CCc2c[nH]c3ccccc23)c(=O)c1C(=O)Nc1cnn(C(C)C)n1. The van der Waals surface area contributed by atoms with Gasteiger partial charge in [-0.25, -0.2) is 0 Å². The number of para-hydroxylation sites is 1. The zero-order valence-corrected chi connectivity index (χ0v) is 17.2. The van der Waals surface area contributed by atoms with Gasteiger partial charge in [-0.15, -0.1) is 5.10 Å². The molecule has 0 aliphatic carbocycles. The van der Waals surface area contributed by atoms with Crippen LogP contribution in [0.25, 0.3) is 10.9 Å². The van der Waals surface area contributed by atoms with Gasteiger partial charge in [0.15, 0.2) is 5.82 Å². The number of pyridine rings is 1. The van der Waals surface area contributed by atoms with E-state index in [0.717, 1.165) is 16.5 Å². The molecule has 0 unspecified atom stereocenters. The molecule has 8 nitrogen and oxygen atoms in total. The molecule has 2 N–H and O–H groups in total. The van der Waals surface area contributed by atoms with Crippen LogP contribution in [-0.2, 0) is 13.0 Å². The van der Waals surface area contributed by atoms with E-state index < -0.39 is 5.91 Å². The maximum atomic E-state index is 13.0. The standard InChI is InChI=1S/C22H24N6O2/c1-14(2)28-24-13-19(26-28)25-21(29)20-15(3)8-10-27(22(20)30)11-9-16-12-23-18-7-5-4-6-17(16)18/h4-8,10,12-14,23H,9,11H2,1-3H3,(H,25,26,29). The highest BCUT2D eigenvalue weighted by Gasteiger charge is 2.18. The van der Waals surface area contributed by atoms with Gasteiger partial charge < -0.3 is 14.9 Å². The molecule has 0 atom stereocenters. The van der Waals surface area contributed by atoms with Crippen molar-refractivity contribution < 1.29 is 4.79 Å². The lowest BCUT2D eigenvalue weighted by molar-refractivity contribution is 0.102. The predicted octanol–water partition coefficient (Wildman–Crippen LogP) is 3.31. The first kappa shape index (κ1) is 19.6. The molecule has 0 radical (unpaired) electrons. The maximum absolute atomic E-state index is 13.0. The topological polar surface area (TPSA) is 97.6 Å². The molecule has 0 aliphatic heterocycles. The van der Waals surface area contributed by atoms with Crippen molar-refractivity contribution in [3.63, 3.8) is 0 Å². The highest BCUT2D eigenvalue weighted by Crippen LogP contribution is 2.18. The highest BCUT2D eigenvalue weighted by atomic mass is 16.2. The van der Waals surface area contributed by atoms with E-state index in [0.29, 0.717) is 24.3 Å². The summed E-state index contributed by atoms with van der Waals surface area (Å²) in [6.07, 6.45) is 5.86. The summed E-state index contributed by atoms with van der Waals surface area (Å²) in [5.41, 5.74) is 2.63. The Kier molecular flexibility index (Phi) is 5.22. The third-order valence-corrected chi connectivity index (χ3v) is 5.11. The summed E-state index contributed by atoms with van der Waals surface area (Å²) >= 11 is 0. The van der Waals surface area contributed by atoms with E-state index in [2.05, 4.69) is 26.6 Å². The zero-order chi connectivity index (χ0) is 21.3. The molecule has 0 spiro atoms. The van der Waals surface area contributed by atoms with Gasteiger partial charge in [-0.3, -0.25) is 9.59 Å². The number of hydrogen-bond donors (Lipinski definition) is 2. The van der Waals surface area contributed by atoms with Crippen LogP contribution in [0, 0.1) is 6.92 Å². The number of benzene rings is 1. The molecule has 30 heavy (non-hydrogen) atoms. The molecule has 4 aromatic rings. The molecule has 1 amide bonds. The normalized spacial score (nSPS) is 11.3. The van der Waals surface area contributed by atoms with Gasteiger partial charge in [-0.05, 0) is 50.5 Å². The molecular weight excluding hydrogens is 380 g/mol. The second-order valence-corrected chi connectivity index (χ2v) is 7.58. The summed E-state index contributed by atoms with van der Waals surface area (Å²) in [6, 6.07) is 9.93. The van der Waals surface area contributed by atoms with Crippen molar-refractivity contribution in [2.45, 2.75) is 39.8 Å². The third kappa shape index (κ3) is 3.76. The van der Waals surface area contributed by atoms with Crippen molar-refractivity contribution in [3.05, 3.63) is 76.0 Å². The van der Waals surface area contributed by atoms with Gasteiger partial charge in [0.05, 0.1) is 12.2 Å². The number of amides is 1. The van der Waals surface area contributed by atoms with Crippen molar-refractivity contribution >= 4 is 22.6 Å². The van der Waals surface area contributed by atoms with Crippen LogP contribution in [0.15, 0.2) is 53.7 Å². The van der Waals surface area contributed by atoms with Crippen molar-refractivity contribution in [3.8, 4) is 0 Å². The molecule has 0 fully saturated rings. The first-order valence-electron chi connectivity index (χ1n) is 9.92. The van der Waals surface area contributed by atoms with Gasteiger partial charge in [0.2, 0.25) is 0 Å². The van der Waals surface area contributed by atoms with Crippen LogP contribution < -0.4 is 10.9 Å². The van der Waals surface area contributed by atoms with Crippen molar-refractivity contribution in [1.82, 2.24) is 24.5 Å². The highest BCUT2D eigenvalue weighted by molar-refractivity contribution is 6.04. The number of anilines is 1. The minimum absolute atomic E-state index is 0.0795. The second-order valence-electron chi connectivity index (χ2n) is 7.58. The van der Waals surface area contributed by atoms with E-state index in [1.54, 1.807) is 23.8 Å². The number of rotatable bonds is 6. The van der Waals surface area contributed by atoms with E-state index in [4.69, 9.17) is 0 Å². The number of aromatic amines is 1. The maximum Gasteiger partial charge on any atom is 0.263 e. The van der Waals surface area contributed by atoms with Crippen molar-refractivity contribution in [1.29, 1.82) is 0 Å². The lowest BCUT2D eigenvalue weighted by atomic mass is 10.1. The summed E-state index contributed by atoms with van der Waals surface area (Å²) in [6.45, 7) is 6.12. The fraction of sp³-hybridized carbons (Fsp3) is 0.273. The Morgan fingerprint density at radius 1 is 1.23 bits per heavy atom. The minimum Gasteiger partial charge on any atom is -0.361 e. The minimum atomic E-state index is -0.477. The quantitative estimate of drug-likeness (QED) is 0.515. The Morgan fingerprint density at radius 2 is 2.03 bits per heavy atom. The number of aromatic nitrogens is 5. The Hall–Kier alpha value is -3.68. The molecule has 3 heterocycles. The number of nitrogens with one attached hydrogen (secondary N) is 2. The summed E-state index contributed by atoms with van der Waals surface area (Å²) in [4.78, 5) is 30.6. The molecule has 0 saturated heterocycles. The monoisotopic (exact) mass is 404 g/mol. The van der Waals surface area contributed by atoms with Crippen LogP contribution in [-0.4, -0.2) is 30.5 Å². The van der Waals surface area contributed by atoms with Gasteiger partial charge in [-0.1, -0.05) is 18.2 Å². The Bertz CT molecular complexity index is 1260. The first-order chi connectivity index (χ1) is 14.4. The number of carbonyl (C=O) groups is 1. The zero-order valence-electron chi connectivity index (χ0n) is 17.2. The van der Waals surface area contributed by atoms with Crippen molar-refractivity contribution in [2.24, 2.45) is 0 Å². The number of fused-ring (bicyclic) bond motifs is 1. The fourth-order valence-corrected chi connectivity index (χ4v) is 3.46. The van der Waals surface area contributed by atoms with Gasteiger partial charge in [0.1, 0.15) is 5.56 Å². The third-order valence-electron chi connectivity index (χ3n) is 5.11. The number of aryl methyl sites for hydroxylation is 3. The van der Waals surface area contributed by atoms with E-state index >= 15 is 0 Å². The van der Waals surface area contributed by atoms with Crippen LogP contribution in [0.4, 0.5) is 5.82 Å². The number of H-pyrrole nitrogens is 1. The van der Waals surface area contributed by atoms with Crippen LogP contribution in [0.2, 0.25) is 0 Å². The summed E-state index contributed by atoms with van der Waals surface area (Å²) in [7, 11) is 0. The average Bonchev–Trinajstić information content (AvgIpc) is 3.35. The lowest BCUT2D eigenvalue weighted by Gasteiger charge is -2.10. The lowest BCUT2D eigenvalue weighted by Crippen LogP contribution is -2.30. The predicted molar refractivity (Wildman–Crippen MR) is 116 cm³/mol. The van der Waals surface area contributed by atoms with Gasteiger partial charge in [-0.2, -0.15) is 9.90 Å². The van der Waals surface area contributed by atoms with Crippen LogP contribution in [0.1, 0.15) is 41.4 Å². The second kappa shape index (κ2) is 7.98. The van der Waals surface area contributed by atoms with Crippen molar-refractivity contribution in [2.75, 3.05) is 5.32 Å². The molecule has 0 bridgehead atoms. The van der Waals surface area contributed by atoms with Crippen LogP contribution in [0.3, 0.4) is 0 Å². The van der Waals surface area contributed by atoms with Crippen LogP contribution >= 0.6 is 0 Å². The molecule has 154 valence electrons. The molecule has 1 aromatic carbocycles. The van der Waals surface area contributed by atoms with Gasteiger partial charge in [0, 0.05) is 29.8 Å².